The van der Waals surface area contributed by atoms with Crippen molar-refractivity contribution in [3.8, 4) is 0 Å². The van der Waals surface area contributed by atoms with Crippen LogP contribution in [0.25, 0.3) is 0 Å². The van der Waals surface area contributed by atoms with Gasteiger partial charge in [0.2, 0.25) is 0 Å². The molecule has 0 aromatic heterocycles. The summed E-state index contributed by atoms with van der Waals surface area (Å²) in [4.78, 5) is 0. The molecule has 0 radical (unpaired) electrons. The molecule has 0 aromatic carbocycles. The molecular weight excluding hydrogens is 503 g/mol. The lowest BCUT2D eigenvalue weighted by Crippen LogP contribution is -2.09. The number of hydrogen-bond acceptors (Lipinski definition) is 0. The number of rotatable bonds is 12. The van der Waals surface area contributed by atoms with Gasteiger partial charge in [-0.2, -0.15) is 0 Å². The second-order valence-corrected chi connectivity index (χ2v) is 31.1. The predicted octanol–water partition coefficient (Wildman–Crippen LogP) is 8.98. The van der Waals surface area contributed by atoms with Gasteiger partial charge in [-0.25, -0.2) is 0 Å². The lowest BCUT2D eigenvalue weighted by molar-refractivity contribution is 0.673. The topological polar surface area (TPSA) is 0 Å². The van der Waals surface area contributed by atoms with Crippen molar-refractivity contribution in [1.29, 1.82) is 0 Å². The van der Waals surface area contributed by atoms with Crippen molar-refractivity contribution in [2.75, 3.05) is 0 Å². The number of allylic oxidation sites excluding steroid dienone is 2. The van der Waals surface area contributed by atoms with E-state index in [0.29, 0.717) is 0 Å². The molecule has 0 aromatic rings. The van der Waals surface area contributed by atoms with Crippen molar-refractivity contribution < 1.29 is 0 Å². The molecule has 0 nitrogen and oxygen atoms in total. The third-order valence-corrected chi connectivity index (χ3v) is 9.12. The Morgan fingerprint density at radius 1 is 0.773 bits per heavy atom. The molecule has 0 unspecified atom stereocenters. The Balaban J connectivity index is 0. The maximum atomic E-state index is 5.66. The average molecular weight is 532 g/mol. The molecule has 0 aliphatic carbocycles. The highest BCUT2D eigenvalue weighted by Crippen LogP contribution is 2.28. The third kappa shape index (κ3) is 29.7. The van der Waals surface area contributed by atoms with Crippen molar-refractivity contribution in [3.63, 3.8) is 0 Å². The molecule has 7 heteroatoms. The molecule has 0 spiro atoms. The molecule has 0 rings (SSSR count). The Labute approximate surface area is 169 Å². The summed E-state index contributed by atoms with van der Waals surface area (Å²) in [5.74, 6) is 0. The summed E-state index contributed by atoms with van der Waals surface area (Å²) in [5, 5.41) is -1.12. The van der Waals surface area contributed by atoms with Gasteiger partial charge in [-0.3, -0.25) is 0 Å². The van der Waals surface area contributed by atoms with E-state index in [-0.39, 0.29) is 0 Å². The summed E-state index contributed by atoms with van der Waals surface area (Å²) in [6.45, 7) is 9.61. The van der Waals surface area contributed by atoms with Gasteiger partial charge in [0, 0.05) is 0 Å². The smallest absolute Gasteiger partial charge is 0.126 e. The summed E-state index contributed by atoms with van der Waals surface area (Å²) < 4.78 is 0. The van der Waals surface area contributed by atoms with E-state index in [1.54, 1.807) is 0 Å². The molecule has 0 atom stereocenters. The highest BCUT2D eigenvalue weighted by molar-refractivity contribution is 9.51. The van der Waals surface area contributed by atoms with Crippen LogP contribution in [0.2, 0.25) is 18.6 Å². The third-order valence-electron chi connectivity index (χ3n) is 2.89. The predicted molar refractivity (Wildman–Crippen MR) is 120 cm³/mol. The van der Waals surface area contributed by atoms with Crippen LogP contribution < -0.4 is 0 Å². The first-order chi connectivity index (χ1) is 10.1. The first-order valence-electron chi connectivity index (χ1n) is 7.79. The second-order valence-electron chi connectivity index (χ2n) is 5.46. The van der Waals surface area contributed by atoms with Crippen molar-refractivity contribution in [1.82, 2.24) is 0 Å². The summed E-state index contributed by atoms with van der Waals surface area (Å²) in [7, 11) is 0. The fourth-order valence-corrected chi connectivity index (χ4v) is 6.10. The van der Waals surface area contributed by atoms with E-state index in [2.05, 4.69) is 50.3 Å². The molecule has 132 valence electrons. The fourth-order valence-electron chi connectivity index (χ4n) is 1.69. The Kier molecular flexibility index (Phi) is 19.2. The number of unbranched alkanes of at least 4 members (excludes halogenated alkanes) is 6. The van der Waals surface area contributed by atoms with Gasteiger partial charge in [-0.05, 0) is 37.8 Å². The number of hydrogen-bond donors (Lipinski definition) is 0. The zero-order chi connectivity index (χ0) is 17.5. The molecule has 0 N–H and O–H groups in total. The molecule has 0 amide bonds. The normalized spacial score (nSPS) is 11.5. The summed E-state index contributed by atoms with van der Waals surface area (Å²) in [5.41, 5.74) is 0. The van der Waals surface area contributed by atoms with Gasteiger partial charge >= 0.3 is 6.00 Å². The Bertz CT molecular complexity index is 277. The highest BCUT2D eigenvalue weighted by atomic mass is 79.9. The van der Waals surface area contributed by atoms with Crippen LogP contribution in [0.15, 0.2) is 25.3 Å². The molecule has 0 bridgehead atoms. The van der Waals surface area contributed by atoms with Gasteiger partial charge < -0.3 is 0 Å². The molecule has 22 heavy (non-hydrogen) atoms. The largest absolute Gasteiger partial charge is 0.341 e. The Morgan fingerprint density at radius 2 is 1.18 bits per heavy atom. The number of halogens is 5. The molecular formula is C15H29Br2Cl3Si2. The van der Waals surface area contributed by atoms with Crippen molar-refractivity contribution >= 4 is 75.1 Å². The van der Waals surface area contributed by atoms with E-state index >= 15 is 0 Å². The lowest BCUT2D eigenvalue weighted by Gasteiger charge is -2.09. The Morgan fingerprint density at radius 3 is 1.59 bits per heavy atom. The quantitative estimate of drug-likeness (QED) is 0.102. The maximum absolute atomic E-state index is 5.66. The monoisotopic (exact) mass is 528 g/mol. The zero-order valence-corrected chi connectivity index (χ0v) is 21.0. The van der Waals surface area contributed by atoms with Crippen molar-refractivity contribution in [3.05, 3.63) is 25.3 Å². The fraction of sp³-hybridized carbons (Fsp3) is 0.733. The van der Waals surface area contributed by atoms with E-state index in [1.165, 1.54) is 38.1 Å². The van der Waals surface area contributed by atoms with Crippen LogP contribution in [0.1, 0.15) is 51.4 Å². The van der Waals surface area contributed by atoms with E-state index < -0.39 is 11.3 Å². The molecule has 0 heterocycles. The van der Waals surface area contributed by atoms with E-state index in [4.69, 9.17) is 33.2 Å². The molecule has 0 aliphatic heterocycles. The minimum atomic E-state index is -2.32. The summed E-state index contributed by atoms with van der Waals surface area (Å²) in [6.07, 6.45) is 13.6. The minimum absolute atomic E-state index is 0.769. The van der Waals surface area contributed by atoms with Gasteiger partial charge in [-0.15, -0.1) is 77.0 Å². The summed E-state index contributed by atoms with van der Waals surface area (Å²) in [6, 6.07) is -0.221. The van der Waals surface area contributed by atoms with Crippen LogP contribution in [0.5, 0.6) is 0 Å². The van der Waals surface area contributed by atoms with Crippen LogP contribution >= 0.6 is 63.8 Å². The summed E-state index contributed by atoms with van der Waals surface area (Å²) >= 11 is 24.4. The molecule has 0 aliphatic rings. The van der Waals surface area contributed by atoms with E-state index in [0.717, 1.165) is 25.3 Å². The maximum Gasteiger partial charge on any atom is 0.341 e. The second kappa shape index (κ2) is 16.2. The first-order valence-corrected chi connectivity index (χ1v) is 20.2. The highest BCUT2D eigenvalue weighted by Gasteiger charge is 2.23. The SMILES string of the molecule is C=CCCCCCC[Si](C)(Br)Br.C=CCCCC[Si](Cl)(Cl)Cl. The van der Waals surface area contributed by atoms with Crippen LogP contribution in [0.4, 0.5) is 0 Å². The Hall–Kier alpha value is 1.74. The minimum Gasteiger partial charge on any atom is -0.126 e. The van der Waals surface area contributed by atoms with Gasteiger partial charge in [0.25, 0.3) is 0 Å². The average Bonchev–Trinajstić information content (AvgIpc) is 2.37. The van der Waals surface area contributed by atoms with Crippen molar-refractivity contribution in [2.45, 2.75) is 70.0 Å². The zero-order valence-electron chi connectivity index (χ0n) is 13.5. The molecule has 0 saturated carbocycles. The van der Waals surface area contributed by atoms with Crippen molar-refractivity contribution in [2.24, 2.45) is 0 Å². The first kappa shape index (κ1) is 26.0. The van der Waals surface area contributed by atoms with Crippen LogP contribution in [-0.4, -0.2) is 11.3 Å². The molecule has 0 saturated heterocycles. The van der Waals surface area contributed by atoms with Gasteiger partial charge in [0.1, 0.15) is 0 Å². The van der Waals surface area contributed by atoms with Crippen LogP contribution in [0.3, 0.4) is 0 Å². The van der Waals surface area contributed by atoms with Gasteiger partial charge in [0.15, 0.2) is 5.31 Å². The molecule has 0 fully saturated rings. The lowest BCUT2D eigenvalue weighted by atomic mass is 10.1. The van der Waals surface area contributed by atoms with Gasteiger partial charge in [-0.1, -0.05) is 44.4 Å². The van der Waals surface area contributed by atoms with E-state index in [9.17, 15) is 0 Å². The van der Waals surface area contributed by atoms with Crippen LogP contribution in [0, 0.1) is 0 Å². The van der Waals surface area contributed by atoms with Crippen LogP contribution in [-0.2, 0) is 0 Å². The van der Waals surface area contributed by atoms with E-state index in [1.807, 2.05) is 12.2 Å². The standard InChI is InChI=1S/C9H18Br2Si.C6H11Cl3Si/c1-3-4-5-6-7-8-9-12(2,10)11;1-2-3-4-5-6-10(7,8)9/h3H,1,4-9H2,2H3;2H,1,3-6H2. The van der Waals surface area contributed by atoms with Gasteiger partial charge in [0.05, 0.1) is 0 Å².